The number of hydrogen-bond donors (Lipinski definition) is 3. The van der Waals surface area contributed by atoms with Gasteiger partial charge in [-0.05, 0) is 24.1 Å². The fraction of sp³-hybridized carbons (Fsp3) is 0.316. The molecule has 1 saturated heterocycles. The Morgan fingerprint density at radius 3 is 2.46 bits per heavy atom. The number of benzene rings is 2. The third-order valence-electron chi connectivity index (χ3n) is 4.33. The second-order valence-electron chi connectivity index (χ2n) is 6.03. The Labute approximate surface area is 142 Å². The molecule has 5 nitrogen and oxygen atoms in total. The summed E-state index contributed by atoms with van der Waals surface area (Å²) >= 11 is 0. The van der Waals surface area contributed by atoms with Crippen molar-refractivity contribution in [3.05, 3.63) is 66.2 Å². The summed E-state index contributed by atoms with van der Waals surface area (Å²) < 4.78 is 0. The van der Waals surface area contributed by atoms with Crippen LogP contribution in [-0.4, -0.2) is 36.9 Å². The fourth-order valence-corrected chi connectivity index (χ4v) is 3.06. The van der Waals surface area contributed by atoms with Crippen molar-refractivity contribution in [1.82, 2.24) is 10.6 Å². The number of anilines is 1. The van der Waals surface area contributed by atoms with E-state index in [4.69, 9.17) is 0 Å². The standard InChI is InChI=1S/C19H23N3O2/c23-14-18(15-7-3-1-4-8-15)21-19(24)20-16-11-12-22(13-16)17-9-5-2-6-10-17/h1-10,16,18,23H,11-14H2,(H2,20,21,24)/t16-,18-/m1/s1. The van der Waals surface area contributed by atoms with Crippen molar-refractivity contribution in [3.63, 3.8) is 0 Å². The van der Waals surface area contributed by atoms with Crippen LogP contribution in [0.4, 0.5) is 10.5 Å². The Hall–Kier alpha value is -2.53. The molecule has 2 atom stereocenters. The maximum absolute atomic E-state index is 12.2. The van der Waals surface area contributed by atoms with Gasteiger partial charge < -0.3 is 20.6 Å². The van der Waals surface area contributed by atoms with Gasteiger partial charge in [-0.15, -0.1) is 0 Å². The van der Waals surface area contributed by atoms with Crippen LogP contribution in [0.15, 0.2) is 60.7 Å². The zero-order valence-corrected chi connectivity index (χ0v) is 13.6. The average Bonchev–Trinajstić information content (AvgIpc) is 3.09. The maximum Gasteiger partial charge on any atom is 0.315 e. The first-order valence-corrected chi connectivity index (χ1v) is 8.29. The predicted molar refractivity (Wildman–Crippen MR) is 95.0 cm³/mol. The summed E-state index contributed by atoms with van der Waals surface area (Å²) in [5, 5.41) is 15.4. The van der Waals surface area contributed by atoms with E-state index in [0.29, 0.717) is 0 Å². The maximum atomic E-state index is 12.2. The summed E-state index contributed by atoms with van der Waals surface area (Å²) in [5.74, 6) is 0. The second kappa shape index (κ2) is 7.84. The smallest absolute Gasteiger partial charge is 0.315 e. The summed E-state index contributed by atoms with van der Waals surface area (Å²) in [6.07, 6.45) is 0.914. The molecular formula is C19H23N3O2. The molecule has 5 heteroatoms. The van der Waals surface area contributed by atoms with Crippen LogP contribution in [0.5, 0.6) is 0 Å². The normalized spacial score (nSPS) is 18.2. The molecule has 24 heavy (non-hydrogen) atoms. The number of hydrogen-bond acceptors (Lipinski definition) is 3. The lowest BCUT2D eigenvalue weighted by atomic mass is 10.1. The van der Waals surface area contributed by atoms with Crippen LogP contribution in [0, 0.1) is 0 Å². The first-order chi connectivity index (χ1) is 11.8. The molecule has 0 saturated carbocycles. The van der Waals surface area contributed by atoms with Gasteiger partial charge >= 0.3 is 6.03 Å². The van der Waals surface area contributed by atoms with Crippen molar-refractivity contribution in [1.29, 1.82) is 0 Å². The number of carbonyl (C=O) groups excluding carboxylic acids is 1. The lowest BCUT2D eigenvalue weighted by Crippen LogP contribution is -2.45. The highest BCUT2D eigenvalue weighted by atomic mass is 16.3. The highest BCUT2D eigenvalue weighted by Gasteiger charge is 2.24. The van der Waals surface area contributed by atoms with Gasteiger partial charge in [0.25, 0.3) is 0 Å². The van der Waals surface area contributed by atoms with Crippen molar-refractivity contribution in [2.45, 2.75) is 18.5 Å². The molecule has 0 bridgehead atoms. The molecule has 1 aliphatic rings. The fourth-order valence-electron chi connectivity index (χ4n) is 3.06. The number of carbonyl (C=O) groups is 1. The van der Waals surface area contributed by atoms with Gasteiger partial charge in [0.1, 0.15) is 0 Å². The SMILES string of the molecule is O=C(N[C@@H]1CCN(c2ccccc2)C1)N[C@H](CO)c1ccccc1. The van der Waals surface area contributed by atoms with Gasteiger partial charge in [-0.25, -0.2) is 4.79 Å². The third kappa shape index (κ3) is 4.06. The first-order valence-electron chi connectivity index (χ1n) is 8.29. The lowest BCUT2D eigenvalue weighted by Gasteiger charge is -2.21. The van der Waals surface area contributed by atoms with E-state index in [1.807, 2.05) is 48.5 Å². The van der Waals surface area contributed by atoms with Gasteiger partial charge in [0.05, 0.1) is 12.6 Å². The van der Waals surface area contributed by atoms with E-state index in [2.05, 4.69) is 27.7 Å². The van der Waals surface area contributed by atoms with Crippen molar-refractivity contribution in [3.8, 4) is 0 Å². The summed E-state index contributed by atoms with van der Waals surface area (Å²) in [7, 11) is 0. The molecule has 126 valence electrons. The average molecular weight is 325 g/mol. The Bertz CT molecular complexity index is 648. The third-order valence-corrected chi connectivity index (χ3v) is 4.33. The largest absolute Gasteiger partial charge is 0.394 e. The van der Waals surface area contributed by atoms with Crippen molar-refractivity contribution in [2.75, 3.05) is 24.6 Å². The van der Waals surface area contributed by atoms with Crippen molar-refractivity contribution in [2.24, 2.45) is 0 Å². The van der Waals surface area contributed by atoms with Crippen LogP contribution in [0.3, 0.4) is 0 Å². The highest BCUT2D eigenvalue weighted by Crippen LogP contribution is 2.19. The minimum Gasteiger partial charge on any atom is -0.394 e. The molecule has 0 unspecified atom stereocenters. The molecule has 1 fully saturated rings. The van der Waals surface area contributed by atoms with E-state index in [-0.39, 0.29) is 18.7 Å². The topological polar surface area (TPSA) is 64.6 Å². The van der Waals surface area contributed by atoms with Crippen LogP contribution in [0.1, 0.15) is 18.0 Å². The molecule has 2 aromatic carbocycles. The quantitative estimate of drug-likeness (QED) is 0.790. The molecular weight excluding hydrogens is 302 g/mol. The van der Waals surface area contributed by atoms with Gasteiger partial charge in [-0.2, -0.15) is 0 Å². The summed E-state index contributed by atoms with van der Waals surface area (Å²) in [6, 6.07) is 19.2. The monoisotopic (exact) mass is 325 g/mol. The molecule has 2 amide bonds. The number of aliphatic hydroxyl groups excluding tert-OH is 1. The zero-order valence-electron chi connectivity index (χ0n) is 13.6. The Morgan fingerprint density at radius 2 is 1.79 bits per heavy atom. The van der Waals surface area contributed by atoms with Crippen LogP contribution >= 0.6 is 0 Å². The van der Waals surface area contributed by atoms with Gasteiger partial charge in [-0.3, -0.25) is 0 Å². The number of amides is 2. The van der Waals surface area contributed by atoms with Crippen LogP contribution in [0.25, 0.3) is 0 Å². The number of nitrogens with one attached hydrogen (secondary N) is 2. The van der Waals surface area contributed by atoms with E-state index in [1.165, 1.54) is 5.69 Å². The van der Waals surface area contributed by atoms with Crippen molar-refractivity contribution >= 4 is 11.7 Å². The molecule has 2 aromatic rings. The number of aliphatic hydroxyl groups is 1. The summed E-state index contributed by atoms with van der Waals surface area (Å²) in [5.41, 5.74) is 2.08. The molecule has 1 heterocycles. The lowest BCUT2D eigenvalue weighted by molar-refractivity contribution is 0.214. The number of rotatable bonds is 5. The molecule has 0 aliphatic carbocycles. The van der Waals surface area contributed by atoms with Gasteiger partial charge in [0, 0.05) is 24.8 Å². The van der Waals surface area contributed by atoms with E-state index < -0.39 is 6.04 Å². The zero-order chi connectivity index (χ0) is 16.8. The number of para-hydroxylation sites is 1. The predicted octanol–water partition coefficient (Wildman–Crippen LogP) is 2.30. The highest BCUT2D eigenvalue weighted by molar-refractivity contribution is 5.75. The molecule has 0 aromatic heterocycles. The first kappa shape index (κ1) is 16.3. The Balaban J connectivity index is 1.52. The summed E-state index contributed by atoms with van der Waals surface area (Å²) in [4.78, 5) is 14.5. The van der Waals surface area contributed by atoms with Gasteiger partial charge in [0.2, 0.25) is 0 Å². The Morgan fingerprint density at radius 1 is 1.12 bits per heavy atom. The molecule has 1 aliphatic heterocycles. The van der Waals surface area contributed by atoms with Gasteiger partial charge in [-0.1, -0.05) is 48.5 Å². The van der Waals surface area contributed by atoms with Gasteiger partial charge in [0.15, 0.2) is 0 Å². The van der Waals surface area contributed by atoms with E-state index >= 15 is 0 Å². The summed E-state index contributed by atoms with van der Waals surface area (Å²) in [6.45, 7) is 1.60. The van der Waals surface area contributed by atoms with E-state index in [1.54, 1.807) is 0 Å². The number of nitrogens with zero attached hydrogens (tertiary/aromatic N) is 1. The molecule has 3 N–H and O–H groups in total. The molecule has 0 radical (unpaired) electrons. The van der Waals surface area contributed by atoms with Crippen molar-refractivity contribution < 1.29 is 9.90 Å². The minimum absolute atomic E-state index is 0.111. The van der Waals surface area contributed by atoms with Crippen LogP contribution in [-0.2, 0) is 0 Å². The second-order valence-corrected chi connectivity index (χ2v) is 6.03. The van der Waals surface area contributed by atoms with Crippen LogP contribution in [0.2, 0.25) is 0 Å². The Kier molecular flexibility index (Phi) is 5.33. The van der Waals surface area contributed by atoms with E-state index in [0.717, 1.165) is 25.1 Å². The number of urea groups is 1. The van der Waals surface area contributed by atoms with E-state index in [9.17, 15) is 9.90 Å². The molecule has 0 spiro atoms. The minimum atomic E-state index is -0.391. The molecule has 3 rings (SSSR count). The van der Waals surface area contributed by atoms with Crippen LogP contribution < -0.4 is 15.5 Å².